The number of urea groups is 1. The molecule has 2 fully saturated rings. The van der Waals surface area contributed by atoms with Crippen LogP contribution < -0.4 is 32.3 Å². The third-order valence-corrected chi connectivity index (χ3v) is 10.9. The Morgan fingerprint density at radius 3 is 2.27 bits per heavy atom. The molecule has 0 aromatic carbocycles. The lowest BCUT2D eigenvalue weighted by molar-refractivity contribution is -0.123. The Kier molecular flexibility index (Phi) is 16.1. The quantitative estimate of drug-likeness (QED) is 0.0611. The summed E-state index contributed by atoms with van der Waals surface area (Å²) in [4.78, 5) is 47.4. The zero-order valence-electron chi connectivity index (χ0n) is 23.4. The highest BCUT2D eigenvalue weighted by molar-refractivity contribution is 8.71. The Bertz CT molecular complexity index is 938. The van der Waals surface area contributed by atoms with Crippen LogP contribution in [-0.4, -0.2) is 92.9 Å². The normalized spacial score (nSPS) is 20.8. The van der Waals surface area contributed by atoms with E-state index in [9.17, 15) is 27.6 Å². The van der Waals surface area contributed by atoms with Gasteiger partial charge in [0.1, 0.15) is 0 Å². The second kappa shape index (κ2) is 18.7. The molecule has 4 atom stereocenters. The molecule has 0 unspecified atom stereocenters. The standard InChI is InChI=1S/C25H46N6O6S3/c1-40(36,37)39-16-15-29-24(34)18(26)9-6-8-14-28-21(32)11-3-2-7-13-27-22(33)12-5-4-10-20-23-19(17-38-20)30-25(35)31-23/h18-20,23H,2-17,26H2,1H3,(H,27,33)(H,28,32)(H,29,34)(H2,30,31,35)/t18-,19-,20+,23+/m1/s1. The number of hydrogen-bond donors (Lipinski definition) is 6. The number of rotatable bonds is 21. The van der Waals surface area contributed by atoms with Crippen molar-refractivity contribution in [3.05, 3.63) is 0 Å². The number of fused-ring (bicyclic) bond motifs is 1. The van der Waals surface area contributed by atoms with Crippen LogP contribution in [0.15, 0.2) is 0 Å². The number of carbonyl (C=O) groups excluding carboxylic acids is 4. The Morgan fingerprint density at radius 1 is 0.950 bits per heavy atom. The van der Waals surface area contributed by atoms with Gasteiger partial charge in [0.2, 0.25) is 17.7 Å². The first-order chi connectivity index (χ1) is 19.0. The second-order valence-corrected chi connectivity index (χ2v) is 16.1. The molecule has 0 bridgehead atoms. The molecule has 0 saturated carbocycles. The molecule has 15 heteroatoms. The van der Waals surface area contributed by atoms with Crippen molar-refractivity contribution >= 4 is 55.2 Å². The monoisotopic (exact) mass is 622 g/mol. The van der Waals surface area contributed by atoms with Gasteiger partial charge in [-0.3, -0.25) is 14.4 Å². The van der Waals surface area contributed by atoms with Crippen LogP contribution in [0.25, 0.3) is 0 Å². The van der Waals surface area contributed by atoms with Crippen LogP contribution in [0.4, 0.5) is 4.79 Å². The molecule has 7 N–H and O–H groups in total. The Labute approximate surface area is 245 Å². The van der Waals surface area contributed by atoms with Crippen LogP contribution in [-0.2, 0) is 23.3 Å². The summed E-state index contributed by atoms with van der Waals surface area (Å²) in [5.41, 5.74) is 5.86. The van der Waals surface area contributed by atoms with Crippen molar-refractivity contribution in [3.63, 3.8) is 0 Å². The van der Waals surface area contributed by atoms with Gasteiger partial charge in [0, 0.05) is 55.5 Å². The highest BCUT2D eigenvalue weighted by atomic mass is 33.1. The molecule has 0 aromatic heterocycles. The van der Waals surface area contributed by atoms with Crippen molar-refractivity contribution in [2.24, 2.45) is 5.73 Å². The second-order valence-electron chi connectivity index (χ2n) is 10.3. The van der Waals surface area contributed by atoms with Crippen LogP contribution in [0.5, 0.6) is 0 Å². The minimum atomic E-state index is -3.12. The van der Waals surface area contributed by atoms with Gasteiger partial charge in [-0.1, -0.05) is 12.8 Å². The molecule has 40 heavy (non-hydrogen) atoms. The highest BCUT2D eigenvalue weighted by Gasteiger charge is 2.42. The molecular weight excluding hydrogens is 577 g/mol. The lowest BCUT2D eigenvalue weighted by Crippen LogP contribution is -2.41. The number of amides is 5. The zero-order chi connectivity index (χ0) is 29.4. The van der Waals surface area contributed by atoms with E-state index in [2.05, 4.69) is 26.6 Å². The topological polar surface area (TPSA) is 189 Å². The molecule has 12 nitrogen and oxygen atoms in total. The molecule has 0 spiro atoms. The maximum absolute atomic E-state index is 12.1. The van der Waals surface area contributed by atoms with E-state index in [0.717, 1.165) is 67.7 Å². The summed E-state index contributed by atoms with van der Waals surface area (Å²) in [5.74, 6) is 0.987. The van der Waals surface area contributed by atoms with E-state index in [1.165, 1.54) is 0 Å². The predicted octanol–water partition coefficient (Wildman–Crippen LogP) is 0.812. The van der Waals surface area contributed by atoms with Gasteiger partial charge in [0.25, 0.3) is 0 Å². The molecule has 5 amide bonds. The van der Waals surface area contributed by atoms with Crippen molar-refractivity contribution in [2.45, 2.75) is 94.0 Å². The smallest absolute Gasteiger partial charge is 0.315 e. The van der Waals surface area contributed by atoms with Gasteiger partial charge in [-0.05, 0) is 55.7 Å². The predicted molar refractivity (Wildman–Crippen MR) is 161 cm³/mol. The Balaban J connectivity index is 1.35. The molecule has 2 saturated heterocycles. The first-order valence-electron chi connectivity index (χ1n) is 14.1. The number of unbranched alkanes of at least 4 members (excludes halogenated alkanes) is 4. The summed E-state index contributed by atoms with van der Waals surface area (Å²) in [6.45, 7) is 1.39. The molecule has 2 heterocycles. The first kappa shape index (κ1) is 34.5. The number of carbonyl (C=O) groups is 4. The van der Waals surface area contributed by atoms with E-state index in [4.69, 9.17) is 5.73 Å². The fraction of sp³-hybridized carbons (Fsp3) is 0.840. The fourth-order valence-electron chi connectivity index (χ4n) is 4.61. The summed E-state index contributed by atoms with van der Waals surface area (Å²) < 4.78 is 22.1. The molecule has 0 aliphatic carbocycles. The van der Waals surface area contributed by atoms with E-state index in [1.807, 2.05) is 11.8 Å². The van der Waals surface area contributed by atoms with Gasteiger partial charge in [-0.15, -0.1) is 0 Å². The number of nitrogens with two attached hydrogens (primary N) is 1. The van der Waals surface area contributed by atoms with Crippen LogP contribution in [0.2, 0.25) is 0 Å². The van der Waals surface area contributed by atoms with E-state index in [0.29, 0.717) is 44.0 Å². The van der Waals surface area contributed by atoms with Crippen molar-refractivity contribution < 1.29 is 27.6 Å². The number of hydrogen-bond acceptors (Lipinski definition) is 9. The van der Waals surface area contributed by atoms with Gasteiger partial charge >= 0.3 is 6.03 Å². The summed E-state index contributed by atoms with van der Waals surface area (Å²) in [6.07, 6.45) is 9.26. The highest BCUT2D eigenvalue weighted by Crippen LogP contribution is 2.33. The van der Waals surface area contributed by atoms with Crippen molar-refractivity contribution in [3.8, 4) is 0 Å². The van der Waals surface area contributed by atoms with Crippen molar-refractivity contribution in [2.75, 3.05) is 37.4 Å². The molecule has 0 aromatic rings. The molecule has 230 valence electrons. The minimum absolute atomic E-state index is 0.00542. The minimum Gasteiger partial charge on any atom is -0.356 e. The van der Waals surface area contributed by atoms with E-state index < -0.39 is 14.9 Å². The van der Waals surface area contributed by atoms with E-state index in [-0.39, 0.29) is 48.1 Å². The number of nitrogens with one attached hydrogen (secondary N) is 5. The SMILES string of the molecule is CS(=O)(=O)SCCNC(=O)[C@H](N)CCCCNC(=O)CCCCCNC(=O)CCCC[C@@H]1SC[C@H]2NC(=O)N[C@H]12. The molecule has 2 aliphatic heterocycles. The maximum Gasteiger partial charge on any atom is 0.315 e. The Morgan fingerprint density at radius 2 is 1.60 bits per heavy atom. The zero-order valence-corrected chi connectivity index (χ0v) is 25.8. The van der Waals surface area contributed by atoms with Crippen molar-refractivity contribution in [1.29, 1.82) is 0 Å². The lowest BCUT2D eigenvalue weighted by atomic mass is 10.0. The average molecular weight is 623 g/mol. The largest absolute Gasteiger partial charge is 0.356 e. The maximum atomic E-state index is 12.1. The third kappa shape index (κ3) is 14.8. The van der Waals surface area contributed by atoms with Crippen molar-refractivity contribution in [1.82, 2.24) is 26.6 Å². The molecule has 2 rings (SSSR count). The van der Waals surface area contributed by atoms with Gasteiger partial charge in [0.15, 0.2) is 8.87 Å². The molecule has 2 aliphatic rings. The molecular formula is C25H46N6O6S3. The summed E-state index contributed by atoms with van der Waals surface area (Å²) in [6, 6.07) is -0.273. The van der Waals surface area contributed by atoms with Gasteiger partial charge < -0.3 is 32.3 Å². The fourth-order valence-corrected chi connectivity index (χ4v) is 7.80. The van der Waals surface area contributed by atoms with Gasteiger partial charge in [-0.25, -0.2) is 13.2 Å². The van der Waals surface area contributed by atoms with Gasteiger partial charge in [-0.2, -0.15) is 11.8 Å². The van der Waals surface area contributed by atoms with Gasteiger partial charge in [0.05, 0.1) is 18.1 Å². The van der Waals surface area contributed by atoms with Crippen LogP contribution >= 0.6 is 22.6 Å². The van der Waals surface area contributed by atoms with Crippen LogP contribution in [0.1, 0.15) is 70.6 Å². The summed E-state index contributed by atoms with van der Waals surface area (Å²) in [5, 5.41) is 14.8. The first-order valence-corrected chi connectivity index (χ1v) is 18.6. The Hall–Kier alpha value is -1.71. The number of thioether (sulfide) groups is 1. The third-order valence-electron chi connectivity index (χ3n) is 6.78. The van der Waals surface area contributed by atoms with E-state index >= 15 is 0 Å². The molecule has 0 radical (unpaired) electrons. The van der Waals surface area contributed by atoms with Crippen LogP contribution in [0, 0.1) is 0 Å². The van der Waals surface area contributed by atoms with Crippen LogP contribution in [0.3, 0.4) is 0 Å². The lowest BCUT2D eigenvalue weighted by Gasteiger charge is -2.16. The van der Waals surface area contributed by atoms with E-state index in [1.54, 1.807) is 0 Å². The summed E-state index contributed by atoms with van der Waals surface area (Å²) >= 11 is 1.89. The summed E-state index contributed by atoms with van der Waals surface area (Å²) in [7, 11) is -2.33. The average Bonchev–Trinajstić information content (AvgIpc) is 3.44.